The highest BCUT2D eigenvalue weighted by Gasteiger charge is 2.10. The lowest BCUT2D eigenvalue weighted by Crippen LogP contribution is -2.19. The first-order valence-corrected chi connectivity index (χ1v) is 4.97. The third kappa shape index (κ3) is 1.71. The van der Waals surface area contributed by atoms with E-state index in [1.165, 1.54) is 6.92 Å². The van der Waals surface area contributed by atoms with E-state index >= 15 is 0 Å². The molecule has 0 spiro atoms. The molecule has 0 saturated heterocycles. The summed E-state index contributed by atoms with van der Waals surface area (Å²) in [6, 6.07) is 1.66. The lowest BCUT2D eigenvalue weighted by molar-refractivity contribution is -0.119. The highest BCUT2D eigenvalue weighted by Crippen LogP contribution is 2.23. The molecule has 2 aromatic heterocycles. The largest absolute Gasteiger partial charge is 0.507 e. The zero-order valence-electron chi connectivity index (χ0n) is 9.19. The van der Waals surface area contributed by atoms with E-state index in [4.69, 9.17) is 0 Å². The second-order valence-electron chi connectivity index (χ2n) is 3.71. The summed E-state index contributed by atoms with van der Waals surface area (Å²) >= 11 is 0. The normalized spacial score (nSPS) is 10.6. The molecule has 5 heteroatoms. The first-order chi connectivity index (χ1) is 7.59. The van der Waals surface area contributed by atoms with Crippen molar-refractivity contribution in [3.05, 3.63) is 29.8 Å². The minimum Gasteiger partial charge on any atom is -0.507 e. The van der Waals surface area contributed by atoms with Crippen LogP contribution < -0.4 is 5.32 Å². The Morgan fingerprint density at radius 3 is 3.06 bits per heavy atom. The fourth-order valence-corrected chi connectivity index (χ4v) is 1.68. The van der Waals surface area contributed by atoms with Gasteiger partial charge in [0.1, 0.15) is 5.75 Å². The maximum atomic E-state index is 10.9. The molecule has 0 aliphatic carbocycles. The number of amides is 1. The first kappa shape index (κ1) is 10.5. The summed E-state index contributed by atoms with van der Waals surface area (Å²) < 4.78 is 1.87. The van der Waals surface area contributed by atoms with E-state index in [9.17, 15) is 9.90 Å². The van der Waals surface area contributed by atoms with Crippen LogP contribution in [0.2, 0.25) is 0 Å². The molecule has 5 nitrogen and oxygen atoms in total. The monoisotopic (exact) mass is 219 g/mol. The van der Waals surface area contributed by atoms with Gasteiger partial charge in [-0.25, -0.2) is 4.98 Å². The Morgan fingerprint density at radius 2 is 2.38 bits per heavy atom. The van der Waals surface area contributed by atoms with Crippen molar-refractivity contribution in [2.24, 2.45) is 0 Å². The van der Waals surface area contributed by atoms with Crippen LogP contribution in [0.1, 0.15) is 18.2 Å². The number of nitrogens with one attached hydrogen (secondary N) is 1. The second-order valence-corrected chi connectivity index (χ2v) is 3.71. The van der Waals surface area contributed by atoms with E-state index < -0.39 is 0 Å². The Labute approximate surface area is 92.7 Å². The summed E-state index contributed by atoms with van der Waals surface area (Å²) in [5, 5.41) is 12.5. The zero-order chi connectivity index (χ0) is 11.7. The molecule has 0 aromatic carbocycles. The van der Waals surface area contributed by atoms with Crippen LogP contribution in [0.25, 0.3) is 5.52 Å². The van der Waals surface area contributed by atoms with Crippen molar-refractivity contribution in [3.8, 4) is 5.75 Å². The predicted octanol–water partition coefficient (Wildman–Crippen LogP) is 0.984. The fourth-order valence-electron chi connectivity index (χ4n) is 1.68. The van der Waals surface area contributed by atoms with Crippen molar-refractivity contribution in [3.63, 3.8) is 0 Å². The van der Waals surface area contributed by atoms with Gasteiger partial charge in [0.05, 0.1) is 18.0 Å². The van der Waals surface area contributed by atoms with Crippen LogP contribution in [0.3, 0.4) is 0 Å². The van der Waals surface area contributed by atoms with Crippen LogP contribution >= 0.6 is 0 Å². The average Bonchev–Trinajstić information content (AvgIpc) is 2.65. The smallest absolute Gasteiger partial charge is 0.217 e. The molecule has 0 radical (unpaired) electrons. The van der Waals surface area contributed by atoms with Crippen LogP contribution in [0.4, 0.5) is 0 Å². The number of hydrogen-bond acceptors (Lipinski definition) is 3. The van der Waals surface area contributed by atoms with E-state index in [0.717, 1.165) is 11.2 Å². The number of pyridine rings is 1. The molecule has 0 fully saturated rings. The van der Waals surface area contributed by atoms with E-state index in [1.54, 1.807) is 18.6 Å². The summed E-state index contributed by atoms with van der Waals surface area (Å²) in [4.78, 5) is 14.9. The summed E-state index contributed by atoms with van der Waals surface area (Å²) in [6.45, 7) is 3.63. The maximum Gasteiger partial charge on any atom is 0.217 e. The Bertz CT molecular complexity index is 545. The van der Waals surface area contributed by atoms with E-state index in [-0.39, 0.29) is 11.7 Å². The molecule has 2 rings (SSSR count). The third-order valence-corrected chi connectivity index (χ3v) is 2.50. The summed E-state index contributed by atoms with van der Waals surface area (Å²) in [6.07, 6.45) is 3.35. The van der Waals surface area contributed by atoms with Crippen molar-refractivity contribution in [1.29, 1.82) is 0 Å². The van der Waals surface area contributed by atoms with E-state index in [0.29, 0.717) is 12.1 Å². The number of carbonyl (C=O) groups is 1. The number of hydrogen-bond donors (Lipinski definition) is 2. The second kappa shape index (κ2) is 3.84. The molecular weight excluding hydrogens is 206 g/mol. The lowest BCUT2D eigenvalue weighted by Gasteiger charge is -2.09. The molecule has 0 aliphatic rings. The SMILES string of the molecule is CC(=O)NCc1c(O)cc(C)n2cncc12. The number of aromatic hydroxyl groups is 1. The van der Waals surface area contributed by atoms with Gasteiger partial charge in [0.15, 0.2) is 0 Å². The Balaban J connectivity index is 2.50. The Morgan fingerprint density at radius 1 is 1.62 bits per heavy atom. The molecule has 0 atom stereocenters. The first-order valence-electron chi connectivity index (χ1n) is 4.97. The molecule has 84 valence electrons. The number of rotatable bonds is 2. The minimum atomic E-state index is -0.127. The van der Waals surface area contributed by atoms with Gasteiger partial charge in [-0.2, -0.15) is 0 Å². The van der Waals surface area contributed by atoms with Crippen LogP contribution in [0.15, 0.2) is 18.6 Å². The average molecular weight is 219 g/mol. The molecular formula is C11H13N3O2. The van der Waals surface area contributed by atoms with Crippen LogP contribution in [0.5, 0.6) is 5.75 Å². The van der Waals surface area contributed by atoms with Crippen LogP contribution in [0, 0.1) is 6.92 Å². The molecule has 2 heterocycles. The van der Waals surface area contributed by atoms with Gasteiger partial charge in [-0.05, 0) is 13.0 Å². The van der Waals surface area contributed by atoms with E-state index in [1.807, 2.05) is 11.3 Å². The lowest BCUT2D eigenvalue weighted by atomic mass is 10.2. The zero-order valence-corrected chi connectivity index (χ0v) is 9.19. The standard InChI is InChI=1S/C11H13N3O2/c1-7-3-11(16)9(4-13-8(2)15)10-5-12-6-14(7)10/h3,5-6,16H,4H2,1-2H3,(H,13,15). The van der Waals surface area contributed by atoms with Crippen LogP contribution in [-0.4, -0.2) is 20.4 Å². The number of aryl methyl sites for hydroxylation is 1. The van der Waals surface area contributed by atoms with Gasteiger partial charge in [-0.3, -0.25) is 4.79 Å². The van der Waals surface area contributed by atoms with Crippen molar-refractivity contribution >= 4 is 11.4 Å². The van der Waals surface area contributed by atoms with Crippen molar-refractivity contribution < 1.29 is 9.90 Å². The van der Waals surface area contributed by atoms with Crippen molar-refractivity contribution in [2.75, 3.05) is 0 Å². The number of imidazole rings is 1. The van der Waals surface area contributed by atoms with Gasteiger partial charge >= 0.3 is 0 Å². The Kier molecular flexibility index (Phi) is 2.52. The van der Waals surface area contributed by atoms with Gasteiger partial charge < -0.3 is 14.8 Å². The summed E-state index contributed by atoms with van der Waals surface area (Å²) in [5.41, 5.74) is 2.39. The summed E-state index contributed by atoms with van der Waals surface area (Å²) in [5.74, 6) is 0.0527. The molecule has 1 amide bonds. The highest BCUT2D eigenvalue weighted by atomic mass is 16.3. The molecule has 0 bridgehead atoms. The number of nitrogens with zero attached hydrogens (tertiary/aromatic N) is 2. The van der Waals surface area contributed by atoms with Crippen LogP contribution in [-0.2, 0) is 11.3 Å². The molecule has 0 aliphatic heterocycles. The number of fused-ring (bicyclic) bond motifs is 1. The third-order valence-electron chi connectivity index (χ3n) is 2.50. The fraction of sp³-hybridized carbons (Fsp3) is 0.273. The topological polar surface area (TPSA) is 66.6 Å². The molecule has 2 aromatic rings. The number of aromatic nitrogens is 2. The van der Waals surface area contributed by atoms with Crippen molar-refractivity contribution in [1.82, 2.24) is 14.7 Å². The molecule has 2 N–H and O–H groups in total. The highest BCUT2D eigenvalue weighted by molar-refractivity contribution is 5.73. The molecule has 16 heavy (non-hydrogen) atoms. The van der Waals surface area contributed by atoms with E-state index in [2.05, 4.69) is 10.3 Å². The van der Waals surface area contributed by atoms with Crippen molar-refractivity contribution in [2.45, 2.75) is 20.4 Å². The quantitative estimate of drug-likeness (QED) is 0.791. The number of carbonyl (C=O) groups excluding carboxylic acids is 1. The van der Waals surface area contributed by atoms with Gasteiger partial charge in [0.25, 0.3) is 0 Å². The summed E-state index contributed by atoms with van der Waals surface area (Å²) in [7, 11) is 0. The van der Waals surface area contributed by atoms with Gasteiger partial charge in [-0.15, -0.1) is 0 Å². The van der Waals surface area contributed by atoms with Gasteiger partial charge in [0, 0.05) is 24.7 Å². The predicted molar refractivity (Wildman–Crippen MR) is 59.1 cm³/mol. The Hall–Kier alpha value is -2.04. The minimum absolute atomic E-state index is 0.127. The molecule has 0 unspecified atom stereocenters. The van der Waals surface area contributed by atoms with Gasteiger partial charge in [0.2, 0.25) is 5.91 Å². The molecule has 0 saturated carbocycles. The maximum absolute atomic E-state index is 10.9. The van der Waals surface area contributed by atoms with Gasteiger partial charge in [-0.1, -0.05) is 0 Å².